The summed E-state index contributed by atoms with van der Waals surface area (Å²) in [5, 5.41) is 5.62. The van der Waals surface area contributed by atoms with Gasteiger partial charge in [0.15, 0.2) is 0 Å². The van der Waals surface area contributed by atoms with Gasteiger partial charge in [0.25, 0.3) is 5.91 Å². The fourth-order valence-corrected chi connectivity index (χ4v) is 2.92. The lowest BCUT2D eigenvalue weighted by molar-refractivity contribution is 0.102. The number of hydrogen-bond acceptors (Lipinski definition) is 4. The molecule has 0 spiro atoms. The van der Waals surface area contributed by atoms with Crippen LogP contribution in [0.15, 0.2) is 42.5 Å². The number of ether oxygens (including phenoxy) is 1. The number of nitrogen functional groups attached to an aromatic ring is 1. The maximum Gasteiger partial charge on any atom is 0.407 e. The van der Waals surface area contributed by atoms with Crippen LogP contribution < -0.4 is 16.4 Å². The van der Waals surface area contributed by atoms with Crippen molar-refractivity contribution < 1.29 is 14.3 Å². The molecule has 0 fully saturated rings. The first-order valence-electron chi connectivity index (χ1n) is 7.71. The maximum atomic E-state index is 12.4. The fourth-order valence-electron chi connectivity index (χ4n) is 2.92. The Morgan fingerprint density at radius 3 is 2.75 bits per heavy atom. The number of methoxy groups -OCH3 is 1. The summed E-state index contributed by atoms with van der Waals surface area (Å²) in [6.07, 6.45) is 1.15. The molecule has 0 saturated carbocycles. The van der Waals surface area contributed by atoms with Crippen LogP contribution in [0.2, 0.25) is 0 Å². The second-order valence-electron chi connectivity index (χ2n) is 5.68. The van der Waals surface area contributed by atoms with E-state index in [0.717, 1.165) is 24.0 Å². The molecule has 0 heterocycles. The van der Waals surface area contributed by atoms with Gasteiger partial charge >= 0.3 is 6.09 Å². The van der Waals surface area contributed by atoms with Crippen LogP contribution >= 0.6 is 0 Å². The van der Waals surface area contributed by atoms with Crippen LogP contribution in [-0.4, -0.2) is 19.1 Å². The summed E-state index contributed by atoms with van der Waals surface area (Å²) >= 11 is 0. The second kappa shape index (κ2) is 6.62. The number of anilines is 2. The van der Waals surface area contributed by atoms with Crippen molar-refractivity contribution in [2.45, 2.75) is 18.9 Å². The summed E-state index contributed by atoms with van der Waals surface area (Å²) in [5.74, 6) is -0.208. The first-order valence-corrected chi connectivity index (χ1v) is 7.71. The number of nitrogens with two attached hydrogens (primary N) is 1. The molecule has 1 aliphatic rings. The molecule has 0 radical (unpaired) electrons. The zero-order chi connectivity index (χ0) is 17.1. The first-order chi connectivity index (χ1) is 11.6. The van der Waals surface area contributed by atoms with Gasteiger partial charge in [-0.05, 0) is 48.2 Å². The number of carbonyl (C=O) groups is 2. The number of alkyl carbamates (subject to hydrolysis) is 1. The summed E-state index contributed by atoms with van der Waals surface area (Å²) in [6.45, 7) is 0. The molecular formula is C18H19N3O3. The van der Waals surface area contributed by atoms with Gasteiger partial charge in [-0.15, -0.1) is 0 Å². The highest BCUT2D eigenvalue weighted by Crippen LogP contribution is 2.32. The Morgan fingerprint density at radius 1 is 1.21 bits per heavy atom. The predicted octanol–water partition coefficient (Wildman–Crippen LogP) is 2.86. The number of fused-ring (bicyclic) bond motifs is 1. The Balaban J connectivity index is 1.76. The number of nitrogens with one attached hydrogen (secondary N) is 2. The van der Waals surface area contributed by atoms with Gasteiger partial charge in [-0.2, -0.15) is 0 Å². The Bertz CT molecular complexity index is 789. The van der Waals surface area contributed by atoms with Crippen molar-refractivity contribution in [3.63, 3.8) is 0 Å². The van der Waals surface area contributed by atoms with E-state index in [-0.39, 0.29) is 11.9 Å². The molecule has 0 aliphatic heterocycles. The molecule has 1 atom stereocenters. The Hall–Kier alpha value is -3.02. The van der Waals surface area contributed by atoms with Crippen LogP contribution in [0.4, 0.5) is 16.2 Å². The number of para-hydroxylation sites is 2. The Kier molecular flexibility index (Phi) is 4.37. The third kappa shape index (κ3) is 3.17. The van der Waals surface area contributed by atoms with E-state index in [1.165, 1.54) is 7.11 Å². The number of benzene rings is 2. The van der Waals surface area contributed by atoms with Gasteiger partial charge in [-0.3, -0.25) is 4.79 Å². The van der Waals surface area contributed by atoms with E-state index in [0.29, 0.717) is 16.9 Å². The van der Waals surface area contributed by atoms with E-state index >= 15 is 0 Å². The molecule has 0 saturated heterocycles. The molecule has 0 aromatic heterocycles. The van der Waals surface area contributed by atoms with Gasteiger partial charge in [0.1, 0.15) is 0 Å². The molecule has 2 amide bonds. The number of aryl methyl sites for hydroxylation is 1. The highest BCUT2D eigenvalue weighted by molar-refractivity contribution is 6.05. The van der Waals surface area contributed by atoms with E-state index in [1.807, 2.05) is 24.3 Å². The van der Waals surface area contributed by atoms with Crippen LogP contribution in [0, 0.1) is 0 Å². The van der Waals surface area contributed by atoms with E-state index in [1.54, 1.807) is 18.2 Å². The topological polar surface area (TPSA) is 93.4 Å². The molecular weight excluding hydrogens is 306 g/mol. The zero-order valence-electron chi connectivity index (χ0n) is 13.3. The Morgan fingerprint density at radius 2 is 2.00 bits per heavy atom. The van der Waals surface area contributed by atoms with Gasteiger partial charge in [-0.25, -0.2) is 4.79 Å². The van der Waals surface area contributed by atoms with E-state index in [2.05, 4.69) is 15.4 Å². The molecule has 6 heteroatoms. The molecule has 124 valence electrons. The van der Waals surface area contributed by atoms with Crippen LogP contribution in [0.3, 0.4) is 0 Å². The molecule has 2 aromatic rings. The summed E-state index contributed by atoms with van der Waals surface area (Å²) in [4.78, 5) is 23.8. The second-order valence-corrected chi connectivity index (χ2v) is 5.68. The fraction of sp³-hybridized carbons (Fsp3) is 0.222. The van der Waals surface area contributed by atoms with Crippen molar-refractivity contribution in [2.24, 2.45) is 0 Å². The van der Waals surface area contributed by atoms with E-state index in [9.17, 15) is 9.59 Å². The third-order valence-corrected chi connectivity index (χ3v) is 4.17. The molecule has 4 N–H and O–H groups in total. The lowest BCUT2D eigenvalue weighted by Crippen LogP contribution is -2.26. The lowest BCUT2D eigenvalue weighted by Gasteiger charge is -2.13. The normalized spacial score (nSPS) is 15.5. The smallest absolute Gasteiger partial charge is 0.407 e. The number of carbonyl (C=O) groups excluding carboxylic acids is 2. The molecule has 1 unspecified atom stereocenters. The van der Waals surface area contributed by atoms with E-state index < -0.39 is 6.09 Å². The van der Waals surface area contributed by atoms with Gasteiger partial charge in [0.05, 0.1) is 24.5 Å². The molecule has 0 bridgehead atoms. The average Bonchev–Trinajstić information content (AvgIpc) is 2.99. The molecule has 24 heavy (non-hydrogen) atoms. The van der Waals surface area contributed by atoms with Crippen LogP contribution in [0.1, 0.15) is 33.9 Å². The number of hydrogen-bond donors (Lipinski definition) is 3. The quantitative estimate of drug-likeness (QED) is 0.756. The van der Waals surface area contributed by atoms with Crippen LogP contribution in [0.5, 0.6) is 0 Å². The highest BCUT2D eigenvalue weighted by atomic mass is 16.5. The average molecular weight is 325 g/mol. The van der Waals surface area contributed by atoms with Crippen LogP contribution in [-0.2, 0) is 11.2 Å². The minimum atomic E-state index is -0.450. The minimum Gasteiger partial charge on any atom is -0.453 e. The van der Waals surface area contributed by atoms with Crippen molar-refractivity contribution >= 4 is 23.4 Å². The Labute approximate surface area is 140 Å². The summed E-state index contributed by atoms with van der Waals surface area (Å²) in [6, 6.07) is 12.6. The van der Waals surface area contributed by atoms with Crippen molar-refractivity contribution in [2.75, 3.05) is 18.2 Å². The van der Waals surface area contributed by atoms with Crippen molar-refractivity contribution in [3.05, 3.63) is 59.2 Å². The number of rotatable bonds is 3. The predicted molar refractivity (Wildman–Crippen MR) is 91.9 cm³/mol. The van der Waals surface area contributed by atoms with Gasteiger partial charge in [-0.1, -0.05) is 18.2 Å². The van der Waals surface area contributed by atoms with Crippen molar-refractivity contribution in [3.8, 4) is 0 Å². The van der Waals surface area contributed by atoms with Crippen molar-refractivity contribution in [1.82, 2.24) is 5.32 Å². The maximum absolute atomic E-state index is 12.4. The molecule has 6 nitrogen and oxygen atoms in total. The highest BCUT2D eigenvalue weighted by Gasteiger charge is 2.25. The molecule has 3 rings (SSSR count). The molecule has 2 aromatic carbocycles. The van der Waals surface area contributed by atoms with Gasteiger partial charge in [0, 0.05) is 5.56 Å². The largest absolute Gasteiger partial charge is 0.453 e. The number of amides is 2. The van der Waals surface area contributed by atoms with Gasteiger partial charge in [0.2, 0.25) is 0 Å². The lowest BCUT2D eigenvalue weighted by atomic mass is 10.0. The third-order valence-electron chi connectivity index (χ3n) is 4.17. The standard InChI is InChI=1S/C18H19N3O3/c1-24-18(23)21-15-9-7-11-10-12(6-8-13(11)15)17(22)20-16-5-3-2-4-14(16)19/h2-6,8,10,15H,7,9,19H2,1H3,(H,20,22)(H,21,23). The SMILES string of the molecule is COC(=O)NC1CCc2cc(C(=O)Nc3ccccc3N)ccc21. The minimum absolute atomic E-state index is 0.0747. The summed E-state index contributed by atoms with van der Waals surface area (Å²) in [7, 11) is 1.34. The van der Waals surface area contributed by atoms with Gasteiger partial charge < -0.3 is 21.1 Å². The van der Waals surface area contributed by atoms with Crippen LogP contribution in [0.25, 0.3) is 0 Å². The molecule has 1 aliphatic carbocycles. The summed E-state index contributed by atoms with van der Waals surface area (Å²) < 4.78 is 4.64. The summed E-state index contributed by atoms with van der Waals surface area (Å²) in [5.41, 5.74) is 9.61. The monoisotopic (exact) mass is 325 g/mol. The zero-order valence-corrected chi connectivity index (χ0v) is 13.3. The first kappa shape index (κ1) is 15.9. The van der Waals surface area contributed by atoms with E-state index in [4.69, 9.17) is 5.73 Å². The van der Waals surface area contributed by atoms with Crippen molar-refractivity contribution in [1.29, 1.82) is 0 Å².